The third-order valence-electron chi connectivity index (χ3n) is 3.23. The number of rotatable bonds is 4. The van der Waals surface area contributed by atoms with Crippen molar-refractivity contribution < 1.29 is 0 Å². The maximum absolute atomic E-state index is 4.68. The zero-order chi connectivity index (χ0) is 14.7. The summed E-state index contributed by atoms with van der Waals surface area (Å²) in [5.74, 6) is 2.06. The van der Waals surface area contributed by atoms with E-state index in [1.54, 1.807) is 0 Å². The van der Waals surface area contributed by atoms with Gasteiger partial charge >= 0.3 is 0 Å². The summed E-state index contributed by atoms with van der Waals surface area (Å²) in [6, 6.07) is 4.00. The van der Waals surface area contributed by atoms with E-state index in [2.05, 4.69) is 41.0 Å². The molecule has 2 rings (SSSR count). The smallest absolute Gasteiger partial charge is 0.163 e. The van der Waals surface area contributed by atoms with Gasteiger partial charge in [0.2, 0.25) is 0 Å². The lowest BCUT2D eigenvalue weighted by Crippen LogP contribution is -2.09. The van der Waals surface area contributed by atoms with Crippen molar-refractivity contribution in [2.45, 2.75) is 40.5 Å². The van der Waals surface area contributed by atoms with Gasteiger partial charge < -0.3 is 5.32 Å². The third-order valence-corrected chi connectivity index (χ3v) is 3.23. The van der Waals surface area contributed by atoms with E-state index in [1.807, 2.05) is 32.2 Å². The summed E-state index contributed by atoms with van der Waals surface area (Å²) in [6.07, 6.45) is 1.83. The molecule has 0 atom stereocenters. The summed E-state index contributed by atoms with van der Waals surface area (Å²) in [4.78, 5) is 13.6. The number of hydrogen-bond donors (Lipinski definition) is 1. The first kappa shape index (κ1) is 14.4. The molecule has 0 spiro atoms. The SMILES string of the molecule is CCNc1nc(-c2ccc(C)nc2)nc(C)c1C(C)C. The second kappa shape index (κ2) is 5.99. The third kappa shape index (κ3) is 2.95. The molecule has 0 bridgehead atoms. The van der Waals surface area contributed by atoms with Gasteiger partial charge in [-0.05, 0) is 38.8 Å². The van der Waals surface area contributed by atoms with Crippen molar-refractivity contribution in [3.8, 4) is 11.4 Å². The molecule has 0 aromatic carbocycles. The first-order chi connectivity index (χ1) is 9.52. The van der Waals surface area contributed by atoms with Gasteiger partial charge in [-0.25, -0.2) is 9.97 Å². The summed E-state index contributed by atoms with van der Waals surface area (Å²) >= 11 is 0. The average molecular weight is 270 g/mol. The molecule has 106 valence electrons. The normalized spacial score (nSPS) is 10.9. The largest absolute Gasteiger partial charge is 0.370 e. The van der Waals surface area contributed by atoms with E-state index in [0.29, 0.717) is 5.92 Å². The molecule has 2 aromatic heterocycles. The Bertz CT molecular complexity index is 588. The van der Waals surface area contributed by atoms with Crippen molar-refractivity contribution in [2.24, 2.45) is 0 Å². The van der Waals surface area contributed by atoms with Crippen molar-refractivity contribution >= 4 is 5.82 Å². The molecule has 0 aliphatic heterocycles. The molecular formula is C16H22N4. The Hall–Kier alpha value is -1.97. The van der Waals surface area contributed by atoms with E-state index in [4.69, 9.17) is 0 Å². The Balaban J connectivity index is 2.53. The molecule has 20 heavy (non-hydrogen) atoms. The van der Waals surface area contributed by atoms with Gasteiger partial charge in [0.25, 0.3) is 0 Å². The van der Waals surface area contributed by atoms with Crippen LogP contribution in [0.5, 0.6) is 0 Å². The molecule has 2 heterocycles. The highest BCUT2D eigenvalue weighted by Gasteiger charge is 2.15. The fourth-order valence-electron chi connectivity index (χ4n) is 2.30. The van der Waals surface area contributed by atoms with Gasteiger partial charge in [-0.3, -0.25) is 4.98 Å². The minimum Gasteiger partial charge on any atom is -0.370 e. The van der Waals surface area contributed by atoms with E-state index in [9.17, 15) is 0 Å². The van der Waals surface area contributed by atoms with Crippen LogP contribution >= 0.6 is 0 Å². The van der Waals surface area contributed by atoms with Crippen LogP contribution < -0.4 is 5.32 Å². The van der Waals surface area contributed by atoms with Gasteiger partial charge in [-0.1, -0.05) is 13.8 Å². The Morgan fingerprint density at radius 3 is 2.45 bits per heavy atom. The number of aryl methyl sites for hydroxylation is 2. The second-order valence-electron chi connectivity index (χ2n) is 5.27. The molecular weight excluding hydrogens is 248 g/mol. The van der Waals surface area contributed by atoms with E-state index < -0.39 is 0 Å². The molecule has 0 saturated heterocycles. The lowest BCUT2D eigenvalue weighted by atomic mass is 10.0. The molecule has 0 radical (unpaired) electrons. The highest BCUT2D eigenvalue weighted by atomic mass is 15.0. The van der Waals surface area contributed by atoms with Crippen molar-refractivity contribution in [3.05, 3.63) is 35.3 Å². The van der Waals surface area contributed by atoms with Gasteiger partial charge in [0.15, 0.2) is 5.82 Å². The second-order valence-corrected chi connectivity index (χ2v) is 5.27. The average Bonchev–Trinajstić information content (AvgIpc) is 2.38. The Kier molecular flexibility index (Phi) is 4.32. The van der Waals surface area contributed by atoms with Crippen LogP contribution in [0.25, 0.3) is 11.4 Å². The zero-order valence-corrected chi connectivity index (χ0v) is 12.9. The van der Waals surface area contributed by atoms with Gasteiger partial charge in [0.1, 0.15) is 5.82 Å². The predicted molar refractivity (Wildman–Crippen MR) is 83.0 cm³/mol. The summed E-state index contributed by atoms with van der Waals surface area (Å²) in [7, 11) is 0. The Morgan fingerprint density at radius 1 is 1.15 bits per heavy atom. The summed E-state index contributed by atoms with van der Waals surface area (Å²) in [6.45, 7) is 11.3. The number of nitrogens with one attached hydrogen (secondary N) is 1. The molecule has 1 N–H and O–H groups in total. The maximum Gasteiger partial charge on any atom is 0.163 e. The molecule has 0 aliphatic rings. The van der Waals surface area contributed by atoms with Gasteiger partial charge in [-0.15, -0.1) is 0 Å². The molecule has 0 fully saturated rings. The monoisotopic (exact) mass is 270 g/mol. The lowest BCUT2D eigenvalue weighted by molar-refractivity contribution is 0.831. The quantitative estimate of drug-likeness (QED) is 0.920. The first-order valence-corrected chi connectivity index (χ1v) is 7.08. The lowest BCUT2D eigenvalue weighted by Gasteiger charge is -2.16. The standard InChI is InChI=1S/C16H22N4/c1-6-17-16-14(10(2)3)12(5)19-15(20-16)13-8-7-11(4)18-9-13/h7-10H,6H2,1-5H3,(H,17,19,20). The van der Waals surface area contributed by atoms with Crippen molar-refractivity contribution in [2.75, 3.05) is 11.9 Å². The van der Waals surface area contributed by atoms with E-state index >= 15 is 0 Å². The first-order valence-electron chi connectivity index (χ1n) is 7.08. The van der Waals surface area contributed by atoms with Crippen LogP contribution in [0, 0.1) is 13.8 Å². The topological polar surface area (TPSA) is 50.7 Å². The van der Waals surface area contributed by atoms with Crippen molar-refractivity contribution in [1.29, 1.82) is 0 Å². The predicted octanol–water partition coefficient (Wildman–Crippen LogP) is 3.71. The molecule has 4 heteroatoms. The van der Waals surface area contributed by atoms with Crippen LogP contribution in [-0.2, 0) is 0 Å². The van der Waals surface area contributed by atoms with Crippen LogP contribution in [0.3, 0.4) is 0 Å². The number of nitrogens with zero attached hydrogens (tertiary/aromatic N) is 3. The number of anilines is 1. The number of pyridine rings is 1. The molecule has 0 unspecified atom stereocenters. The van der Waals surface area contributed by atoms with E-state index in [-0.39, 0.29) is 0 Å². The fraction of sp³-hybridized carbons (Fsp3) is 0.438. The van der Waals surface area contributed by atoms with Gasteiger partial charge in [-0.2, -0.15) is 0 Å². The van der Waals surface area contributed by atoms with Crippen molar-refractivity contribution in [1.82, 2.24) is 15.0 Å². The summed E-state index contributed by atoms with van der Waals surface area (Å²) in [5.41, 5.74) is 4.17. The van der Waals surface area contributed by atoms with Crippen LogP contribution in [0.15, 0.2) is 18.3 Å². The number of aromatic nitrogens is 3. The highest BCUT2D eigenvalue weighted by molar-refractivity contribution is 5.59. The zero-order valence-electron chi connectivity index (χ0n) is 12.9. The molecule has 0 aliphatic carbocycles. The maximum atomic E-state index is 4.68. The van der Waals surface area contributed by atoms with E-state index in [1.165, 1.54) is 5.56 Å². The fourth-order valence-corrected chi connectivity index (χ4v) is 2.30. The summed E-state index contributed by atoms with van der Waals surface area (Å²) < 4.78 is 0. The molecule has 2 aromatic rings. The van der Waals surface area contributed by atoms with Crippen LogP contribution in [0.2, 0.25) is 0 Å². The Labute approximate surface area is 120 Å². The van der Waals surface area contributed by atoms with Crippen LogP contribution in [-0.4, -0.2) is 21.5 Å². The highest BCUT2D eigenvalue weighted by Crippen LogP contribution is 2.27. The van der Waals surface area contributed by atoms with E-state index in [0.717, 1.165) is 35.1 Å². The molecule has 0 amide bonds. The van der Waals surface area contributed by atoms with Crippen LogP contribution in [0.1, 0.15) is 43.6 Å². The minimum absolute atomic E-state index is 0.397. The summed E-state index contributed by atoms with van der Waals surface area (Å²) in [5, 5.41) is 3.35. The minimum atomic E-state index is 0.397. The van der Waals surface area contributed by atoms with Crippen LogP contribution in [0.4, 0.5) is 5.82 Å². The Morgan fingerprint density at radius 2 is 1.90 bits per heavy atom. The molecule has 4 nitrogen and oxygen atoms in total. The molecule has 0 saturated carbocycles. The van der Waals surface area contributed by atoms with Crippen molar-refractivity contribution in [3.63, 3.8) is 0 Å². The van der Waals surface area contributed by atoms with Gasteiger partial charge in [0, 0.05) is 35.3 Å². The number of hydrogen-bond acceptors (Lipinski definition) is 4. The van der Waals surface area contributed by atoms with Gasteiger partial charge in [0.05, 0.1) is 0 Å².